The molecule has 0 aliphatic carbocycles. The summed E-state index contributed by atoms with van der Waals surface area (Å²) in [5.74, 6) is 1.31. The van der Waals surface area contributed by atoms with Crippen molar-refractivity contribution < 1.29 is 19.1 Å². The summed E-state index contributed by atoms with van der Waals surface area (Å²) < 4.78 is 11.0. The van der Waals surface area contributed by atoms with Gasteiger partial charge in [0.15, 0.2) is 0 Å². The number of ether oxygens (including phenoxy) is 2. The van der Waals surface area contributed by atoms with Gasteiger partial charge in [-0.25, -0.2) is 0 Å². The van der Waals surface area contributed by atoms with E-state index in [-0.39, 0.29) is 11.8 Å². The molecule has 0 saturated heterocycles. The Morgan fingerprint density at radius 2 is 1.81 bits per heavy atom. The maximum atomic E-state index is 13.1. The third-order valence-corrected chi connectivity index (χ3v) is 5.31. The van der Waals surface area contributed by atoms with Gasteiger partial charge in [-0.1, -0.05) is 43.2 Å². The molecule has 1 atom stereocenters. The van der Waals surface area contributed by atoms with Crippen LogP contribution < -0.4 is 14.8 Å². The van der Waals surface area contributed by atoms with E-state index < -0.39 is 6.04 Å². The summed E-state index contributed by atoms with van der Waals surface area (Å²) in [6, 6.07) is 14.8. The van der Waals surface area contributed by atoms with Gasteiger partial charge in [-0.2, -0.15) is 0 Å². The van der Waals surface area contributed by atoms with Crippen LogP contribution in [0.1, 0.15) is 50.7 Å². The fourth-order valence-electron chi connectivity index (χ4n) is 3.28. The minimum Gasteiger partial charge on any atom is -0.497 e. The fraction of sp³-hybridized carbons (Fsp3) is 0.462. The molecule has 174 valence electrons. The molecule has 1 N–H and O–H groups in total. The summed E-state index contributed by atoms with van der Waals surface area (Å²) in [5, 5.41) is 2.94. The molecule has 0 heterocycles. The Balaban J connectivity index is 2.00. The lowest BCUT2D eigenvalue weighted by atomic mass is 10.1. The van der Waals surface area contributed by atoms with Crippen molar-refractivity contribution in [2.24, 2.45) is 0 Å². The monoisotopic (exact) mass is 440 g/mol. The first-order valence-electron chi connectivity index (χ1n) is 11.3. The van der Waals surface area contributed by atoms with Crippen molar-refractivity contribution in [3.63, 3.8) is 0 Å². The number of carbonyl (C=O) groups excluding carboxylic acids is 2. The van der Waals surface area contributed by atoms with Crippen molar-refractivity contribution in [2.45, 2.75) is 59.0 Å². The summed E-state index contributed by atoms with van der Waals surface area (Å²) in [4.78, 5) is 27.4. The summed E-state index contributed by atoms with van der Waals surface area (Å²) in [5.41, 5.74) is 2.09. The first-order chi connectivity index (χ1) is 15.4. The van der Waals surface area contributed by atoms with Crippen LogP contribution in [0.4, 0.5) is 0 Å². The lowest BCUT2D eigenvalue weighted by molar-refractivity contribution is -0.140. The minimum absolute atomic E-state index is 0.0709. The highest BCUT2D eigenvalue weighted by Crippen LogP contribution is 2.17. The van der Waals surface area contributed by atoms with Gasteiger partial charge in [0.05, 0.1) is 13.7 Å². The van der Waals surface area contributed by atoms with Crippen molar-refractivity contribution >= 4 is 11.8 Å². The molecule has 0 aliphatic heterocycles. The van der Waals surface area contributed by atoms with Gasteiger partial charge in [0, 0.05) is 19.5 Å². The molecule has 2 aromatic rings. The Bertz CT molecular complexity index is 851. The summed E-state index contributed by atoms with van der Waals surface area (Å²) in [7, 11) is 1.61. The maximum absolute atomic E-state index is 13.1. The summed E-state index contributed by atoms with van der Waals surface area (Å²) in [6.45, 7) is 7.29. The molecule has 2 rings (SSSR count). The number of benzene rings is 2. The second-order valence-electron chi connectivity index (χ2n) is 7.96. The molecule has 0 aliphatic rings. The Labute approximate surface area is 191 Å². The van der Waals surface area contributed by atoms with E-state index >= 15 is 0 Å². The van der Waals surface area contributed by atoms with Crippen molar-refractivity contribution in [3.05, 3.63) is 59.7 Å². The van der Waals surface area contributed by atoms with E-state index in [1.807, 2.05) is 55.5 Å². The largest absolute Gasteiger partial charge is 0.497 e. The predicted molar refractivity (Wildman–Crippen MR) is 127 cm³/mol. The molecule has 0 unspecified atom stereocenters. The summed E-state index contributed by atoms with van der Waals surface area (Å²) >= 11 is 0. The number of hydrogen-bond acceptors (Lipinski definition) is 4. The first-order valence-corrected chi connectivity index (χ1v) is 11.3. The third kappa shape index (κ3) is 8.25. The maximum Gasteiger partial charge on any atom is 0.242 e. The van der Waals surface area contributed by atoms with Crippen molar-refractivity contribution in [1.82, 2.24) is 10.2 Å². The van der Waals surface area contributed by atoms with Crippen LogP contribution in [0.2, 0.25) is 0 Å². The SMILES string of the molecule is CCCCNC(=O)[C@@H](C)N(Cc1cccc(OC)c1)C(=O)CCCOc1ccc(C)cc1. The molecular formula is C26H36N2O4. The Morgan fingerprint density at radius 1 is 1.06 bits per heavy atom. The van der Waals surface area contributed by atoms with E-state index in [9.17, 15) is 9.59 Å². The zero-order valence-corrected chi connectivity index (χ0v) is 19.7. The molecule has 0 radical (unpaired) electrons. The van der Waals surface area contributed by atoms with E-state index in [0.717, 1.165) is 29.9 Å². The fourth-order valence-corrected chi connectivity index (χ4v) is 3.28. The van der Waals surface area contributed by atoms with Crippen LogP contribution in [-0.4, -0.2) is 43.0 Å². The van der Waals surface area contributed by atoms with Crippen molar-refractivity contribution in [2.75, 3.05) is 20.3 Å². The number of hydrogen-bond donors (Lipinski definition) is 1. The van der Waals surface area contributed by atoms with Gasteiger partial charge >= 0.3 is 0 Å². The van der Waals surface area contributed by atoms with Crippen LogP contribution in [-0.2, 0) is 16.1 Å². The molecule has 32 heavy (non-hydrogen) atoms. The second-order valence-corrected chi connectivity index (χ2v) is 7.96. The number of rotatable bonds is 13. The van der Waals surface area contributed by atoms with E-state index in [1.54, 1.807) is 18.9 Å². The van der Waals surface area contributed by atoms with Crippen LogP contribution >= 0.6 is 0 Å². The highest BCUT2D eigenvalue weighted by molar-refractivity contribution is 5.87. The van der Waals surface area contributed by atoms with Gasteiger partial charge in [-0.15, -0.1) is 0 Å². The molecule has 6 nitrogen and oxygen atoms in total. The number of nitrogens with one attached hydrogen (secondary N) is 1. The summed E-state index contributed by atoms with van der Waals surface area (Å²) in [6.07, 6.45) is 2.80. The highest BCUT2D eigenvalue weighted by Gasteiger charge is 2.25. The number of methoxy groups -OCH3 is 1. The number of nitrogens with zero attached hydrogens (tertiary/aromatic N) is 1. The molecule has 0 bridgehead atoms. The van der Waals surface area contributed by atoms with E-state index in [0.29, 0.717) is 32.5 Å². The minimum atomic E-state index is -0.566. The topological polar surface area (TPSA) is 67.9 Å². The highest BCUT2D eigenvalue weighted by atomic mass is 16.5. The van der Waals surface area contributed by atoms with Crippen LogP contribution in [0.5, 0.6) is 11.5 Å². The number of unbranched alkanes of at least 4 members (excludes halogenated alkanes) is 1. The van der Waals surface area contributed by atoms with Gasteiger partial charge in [0.2, 0.25) is 11.8 Å². The van der Waals surface area contributed by atoms with Crippen molar-refractivity contribution in [3.8, 4) is 11.5 Å². The van der Waals surface area contributed by atoms with Crippen LogP contribution in [0.3, 0.4) is 0 Å². The Hall–Kier alpha value is -3.02. The van der Waals surface area contributed by atoms with Crippen LogP contribution in [0.25, 0.3) is 0 Å². The van der Waals surface area contributed by atoms with Gasteiger partial charge in [-0.05, 0) is 56.5 Å². The van der Waals surface area contributed by atoms with Crippen LogP contribution in [0, 0.1) is 6.92 Å². The number of amides is 2. The second kappa shape index (κ2) is 13.4. The quantitative estimate of drug-likeness (QED) is 0.466. The zero-order valence-electron chi connectivity index (χ0n) is 19.7. The molecule has 0 saturated carbocycles. The molecule has 0 spiro atoms. The van der Waals surface area contributed by atoms with Gasteiger partial charge in [0.25, 0.3) is 0 Å². The average Bonchev–Trinajstić information content (AvgIpc) is 2.81. The van der Waals surface area contributed by atoms with Gasteiger partial charge < -0.3 is 19.7 Å². The number of aryl methyl sites for hydroxylation is 1. The third-order valence-electron chi connectivity index (χ3n) is 5.31. The van der Waals surface area contributed by atoms with E-state index in [4.69, 9.17) is 9.47 Å². The molecule has 2 amide bonds. The molecule has 6 heteroatoms. The number of carbonyl (C=O) groups is 2. The Kier molecular flexibility index (Phi) is 10.6. The smallest absolute Gasteiger partial charge is 0.242 e. The van der Waals surface area contributed by atoms with Crippen LogP contribution in [0.15, 0.2) is 48.5 Å². The predicted octanol–water partition coefficient (Wildman–Crippen LogP) is 4.50. The van der Waals surface area contributed by atoms with Crippen molar-refractivity contribution in [1.29, 1.82) is 0 Å². The first kappa shape index (κ1) is 25.2. The standard InChI is InChI=1S/C26H36N2O4/c1-5-6-16-27-26(30)21(3)28(19-22-9-7-10-24(18-22)31-4)25(29)11-8-17-32-23-14-12-20(2)13-15-23/h7,9-10,12-15,18,21H,5-6,8,11,16-17,19H2,1-4H3,(H,27,30)/t21-/m1/s1. The molecule has 0 fully saturated rings. The lowest BCUT2D eigenvalue weighted by Gasteiger charge is -2.29. The molecular weight excluding hydrogens is 404 g/mol. The Morgan fingerprint density at radius 3 is 2.50 bits per heavy atom. The van der Waals surface area contributed by atoms with Gasteiger partial charge in [0.1, 0.15) is 17.5 Å². The van der Waals surface area contributed by atoms with E-state index in [2.05, 4.69) is 12.2 Å². The molecule has 2 aromatic carbocycles. The molecule has 0 aromatic heterocycles. The normalized spacial score (nSPS) is 11.5. The lowest BCUT2D eigenvalue weighted by Crippen LogP contribution is -2.47. The van der Waals surface area contributed by atoms with E-state index in [1.165, 1.54) is 5.56 Å². The average molecular weight is 441 g/mol. The van der Waals surface area contributed by atoms with Gasteiger partial charge in [-0.3, -0.25) is 9.59 Å². The zero-order chi connectivity index (χ0) is 23.3.